The third-order valence-corrected chi connectivity index (χ3v) is 1.87. The standard InChI is InChI=1S/C10H9F4NO2/c11-5-4-6(12)9(14)10(8(5)13)17-7(16)2-1-3-15/h4H,1-3,15H2. The minimum atomic E-state index is -1.75. The van der Waals surface area contributed by atoms with Gasteiger partial charge in [-0.25, -0.2) is 8.78 Å². The first kappa shape index (κ1) is 13.4. The largest absolute Gasteiger partial charge is 0.420 e. The zero-order valence-electron chi connectivity index (χ0n) is 8.60. The molecule has 0 aliphatic heterocycles. The minimum absolute atomic E-state index is 0.0296. The van der Waals surface area contributed by atoms with Crippen molar-refractivity contribution >= 4 is 5.97 Å². The number of ether oxygens (including phenoxy) is 1. The molecule has 0 spiro atoms. The Kier molecular flexibility index (Phi) is 4.45. The van der Waals surface area contributed by atoms with Crippen molar-refractivity contribution in [3.8, 4) is 5.75 Å². The van der Waals surface area contributed by atoms with Crippen LogP contribution in [0.4, 0.5) is 17.6 Å². The fraction of sp³-hybridized carbons (Fsp3) is 0.300. The Balaban J connectivity index is 2.94. The van der Waals surface area contributed by atoms with Gasteiger partial charge in [-0.15, -0.1) is 0 Å². The maximum absolute atomic E-state index is 13.0. The Morgan fingerprint density at radius 2 is 1.71 bits per heavy atom. The van der Waals surface area contributed by atoms with Gasteiger partial charge >= 0.3 is 5.97 Å². The molecular formula is C10H9F4NO2. The summed E-state index contributed by atoms with van der Waals surface area (Å²) in [5, 5.41) is 0. The highest BCUT2D eigenvalue weighted by molar-refractivity contribution is 5.72. The Hall–Kier alpha value is -1.63. The van der Waals surface area contributed by atoms with Crippen LogP contribution in [0, 0.1) is 23.3 Å². The molecule has 0 saturated carbocycles. The number of rotatable bonds is 4. The predicted octanol–water partition coefficient (Wildman–Crippen LogP) is 1.89. The van der Waals surface area contributed by atoms with Crippen LogP contribution >= 0.6 is 0 Å². The molecule has 0 atom stereocenters. The van der Waals surface area contributed by atoms with Gasteiger partial charge in [-0.3, -0.25) is 4.79 Å². The Labute approximate surface area is 94.2 Å². The SMILES string of the molecule is NCCCC(=O)Oc1c(F)c(F)cc(F)c1F. The normalized spacial score (nSPS) is 10.4. The van der Waals surface area contributed by atoms with E-state index in [1.54, 1.807) is 0 Å². The highest BCUT2D eigenvalue weighted by Gasteiger charge is 2.22. The molecular weight excluding hydrogens is 242 g/mol. The van der Waals surface area contributed by atoms with Crippen LogP contribution in [0.2, 0.25) is 0 Å². The molecule has 17 heavy (non-hydrogen) atoms. The second kappa shape index (κ2) is 5.62. The Morgan fingerprint density at radius 1 is 1.18 bits per heavy atom. The zero-order valence-corrected chi connectivity index (χ0v) is 8.60. The first-order valence-corrected chi connectivity index (χ1v) is 4.71. The Bertz CT molecular complexity index is 411. The summed E-state index contributed by atoms with van der Waals surface area (Å²) in [7, 11) is 0. The second-order valence-electron chi connectivity index (χ2n) is 3.16. The van der Waals surface area contributed by atoms with Crippen molar-refractivity contribution in [3.63, 3.8) is 0 Å². The summed E-state index contributed by atoms with van der Waals surface area (Å²) >= 11 is 0. The fourth-order valence-electron chi connectivity index (χ4n) is 1.05. The van der Waals surface area contributed by atoms with Crippen molar-refractivity contribution in [1.82, 2.24) is 0 Å². The van der Waals surface area contributed by atoms with Gasteiger partial charge in [0.1, 0.15) is 0 Å². The summed E-state index contributed by atoms with van der Waals surface area (Å²) in [6.07, 6.45) is 0.0351. The van der Waals surface area contributed by atoms with Gasteiger partial charge in [0.15, 0.2) is 11.6 Å². The van der Waals surface area contributed by atoms with E-state index in [4.69, 9.17) is 5.73 Å². The molecule has 0 aromatic heterocycles. The van der Waals surface area contributed by atoms with E-state index in [9.17, 15) is 22.4 Å². The molecule has 2 N–H and O–H groups in total. The maximum Gasteiger partial charge on any atom is 0.311 e. The van der Waals surface area contributed by atoms with Crippen molar-refractivity contribution < 1.29 is 27.1 Å². The average Bonchev–Trinajstić information content (AvgIpc) is 2.29. The number of hydrogen-bond acceptors (Lipinski definition) is 3. The lowest BCUT2D eigenvalue weighted by atomic mass is 10.3. The maximum atomic E-state index is 13.0. The van der Waals surface area contributed by atoms with E-state index >= 15 is 0 Å². The number of hydrogen-bond donors (Lipinski definition) is 1. The number of carbonyl (C=O) groups is 1. The number of carbonyl (C=O) groups excluding carboxylic acids is 1. The number of nitrogens with two attached hydrogens (primary N) is 1. The minimum Gasteiger partial charge on any atom is -0.420 e. The van der Waals surface area contributed by atoms with Gasteiger partial charge in [-0.05, 0) is 13.0 Å². The summed E-state index contributed by atoms with van der Waals surface area (Å²) in [6, 6.07) is 0.0296. The highest BCUT2D eigenvalue weighted by Crippen LogP contribution is 2.26. The summed E-state index contributed by atoms with van der Waals surface area (Å²) in [4.78, 5) is 11.0. The van der Waals surface area contributed by atoms with Crippen LogP contribution in [-0.4, -0.2) is 12.5 Å². The van der Waals surface area contributed by atoms with Gasteiger partial charge in [0.05, 0.1) is 0 Å². The molecule has 0 radical (unpaired) electrons. The first-order valence-electron chi connectivity index (χ1n) is 4.71. The molecule has 0 amide bonds. The lowest BCUT2D eigenvalue weighted by Crippen LogP contribution is -2.13. The third-order valence-electron chi connectivity index (χ3n) is 1.87. The number of halogens is 4. The van der Waals surface area contributed by atoms with E-state index in [1.165, 1.54) is 0 Å². The van der Waals surface area contributed by atoms with Gasteiger partial charge in [-0.2, -0.15) is 8.78 Å². The van der Waals surface area contributed by atoms with Gasteiger partial charge in [0.25, 0.3) is 0 Å². The van der Waals surface area contributed by atoms with Crippen molar-refractivity contribution in [2.45, 2.75) is 12.8 Å². The van der Waals surface area contributed by atoms with Gasteiger partial charge in [0, 0.05) is 12.5 Å². The summed E-state index contributed by atoms with van der Waals surface area (Å²) in [5.41, 5.74) is 5.10. The summed E-state index contributed by atoms with van der Waals surface area (Å²) in [5.74, 6) is -9.14. The van der Waals surface area contributed by atoms with Crippen molar-refractivity contribution in [2.75, 3.05) is 6.54 Å². The number of benzene rings is 1. The van der Waals surface area contributed by atoms with E-state index in [2.05, 4.69) is 4.74 Å². The average molecular weight is 251 g/mol. The van der Waals surface area contributed by atoms with Crippen LogP contribution in [-0.2, 0) is 4.79 Å². The topological polar surface area (TPSA) is 52.3 Å². The molecule has 7 heteroatoms. The van der Waals surface area contributed by atoms with Crippen LogP contribution in [0.5, 0.6) is 5.75 Å². The third kappa shape index (κ3) is 3.16. The van der Waals surface area contributed by atoms with Crippen LogP contribution in [0.25, 0.3) is 0 Å². The fourth-order valence-corrected chi connectivity index (χ4v) is 1.05. The quantitative estimate of drug-likeness (QED) is 0.385. The van der Waals surface area contributed by atoms with Gasteiger partial charge in [0.2, 0.25) is 17.4 Å². The summed E-state index contributed by atoms with van der Waals surface area (Å²) < 4.78 is 55.8. The van der Waals surface area contributed by atoms with Crippen molar-refractivity contribution in [1.29, 1.82) is 0 Å². The second-order valence-corrected chi connectivity index (χ2v) is 3.16. The van der Waals surface area contributed by atoms with E-state index in [-0.39, 0.29) is 25.5 Å². The lowest BCUT2D eigenvalue weighted by molar-refractivity contribution is -0.134. The molecule has 0 heterocycles. The van der Waals surface area contributed by atoms with Crippen LogP contribution < -0.4 is 10.5 Å². The smallest absolute Gasteiger partial charge is 0.311 e. The molecule has 1 aromatic carbocycles. The van der Waals surface area contributed by atoms with Gasteiger partial charge < -0.3 is 10.5 Å². The molecule has 0 aliphatic carbocycles. The molecule has 0 unspecified atom stereocenters. The zero-order chi connectivity index (χ0) is 13.0. The van der Waals surface area contributed by atoms with Crippen LogP contribution in [0.15, 0.2) is 6.07 Å². The van der Waals surface area contributed by atoms with Crippen LogP contribution in [0.1, 0.15) is 12.8 Å². The molecule has 0 fully saturated rings. The molecule has 1 aromatic rings. The van der Waals surface area contributed by atoms with E-state index in [1.807, 2.05) is 0 Å². The number of esters is 1. The van der Waals surface area contributed by atoms with E-state index < -0.39 is 35.0 Å². The molecule has 94 valence electrons. The summed E-state index contributed by atoms with van der Waals surface area (Å²) in [6.45, 7) is 0.178. The molecule has 0 aliphatic rings. The first-order chi connectivity index (χ1) is 7.97. The van der Waals surface area contributed by atoms with Crippen molar-refractivity contribution in [2.24, 2.45) is 5.73 Å². The molecule has 0 bridgehead atoms. The van der Waals surface area contributed by atoms with E-state index in [0.717, 1.165) is 0 Å². The lowest BCUT2D eigenvalue weighted by Gasteiger charge is -2.07. The molecule has 0 saturated heterocycles. The highest BCUT2D eigenvalue weighted by atomic mass is 19.2. The predicted molar refractivity (Wildman–Crippen MR) is 50.2 cm³/mol. The van der Waals surface area contributed by atoms with Gasteiger partial charge in [-0.1, -0.05) is 0 Å². The van der Waals surface area contributed by atoms with Crippen molar-refractivity contribution in [3.05, 3.63) is 29.3 Å². The monoisotopic (exact) mass is 251 g/mol. The van der Waals surface area contributed by atoms with Crippen LogP contribution in [0.3, 0.4) is 0 Å². The Morgan fingerprint density at radius 3 is 2.18 bits per heavy atom. The molecule has 1 rings (SSSR count). The molecule has 3 nitrogen and oxygen atoms in total. The van der Waals surface area contributed by atoms with E-state index in [0.29, 0.717) is 0 Å².